The SMILES string of the molecule is CC1(C)NOC(=O)c2ccc(C3CCCCC3)cc21. The van der Waals surface area contributed by atoms with Gasteiger partial charge in [0.1, 0.15) is 0 Å². The van der Waals surface area contributed by atoms with Gasteiger partial charge in [0.15, 0.2) is 0 Å². The zero-order valence-corrected chi connectivity index (χ0v) is 11.7. The smallest absolute Gasteiger partial charge is 0.357 e. The molecular formula is C16H21NO2. The second-order valence-corrected chi connectivity index (χ2v) is 6.26. The molecule has 0 spiro atoms. The van der Waals surface area contributed by atoms with Crippen molar-refractivity contribution in [3.63, 3.8) is 0 Å². The number of hydrogen-bond acceptors (Lipinski definition) is 3. The van der Waals surface area contributed by atoms with Crippen LogP contribution in [0.3, 0.4) is 0 Å². The quantitative estimate of drug-likeness (QED) is 0.836. The first-order valence-corrected chi connectivity index (χ1v) is 7.21. The van der Waals surface area contributed by atoms with Crippen LogP contribution in [0, 0.1) is 0 Å². The summed E-state index contributed by atoms with van der Waals surface area (Å²) in [5, 5.41) is 0. The predicted molar refractivity (Wildman–Crippen MR) is 73.8 cm³/mol. The fraction of sp³-hybridized carbons (Fsp3) is 0.562. The van der Waals surface area contributed by atoms with Gasteiger partial charge in [-0.05, 0) is 49.8 Å². The molecule has 3 heteroatoms. The first-order valence-electron chi connectivity index (χ1n) is 7.21. The molecule has 3 rings (SSSR count). The Morgan fingerprint density at radius 3 is 2.68 bits per heavy atom. The molecule has 1 aliphatic carbocycles. The Morgan fingerprint density at radius 2 is 1.95 bits per heavy atom. The maximum absolute atomic E-state index is 11.8. The lowest BCUT2D eigenvalue weighted by Crippen LogP contribution is -2.44. The Morgan fingerprint density at radius 1 is 1.21 bits per heavy atom. The third kappa shape index (κ3) is 2.27. The molecule has 102 valence electrons. The van der Waals surface area contributed by atoms with E-state index >= 15 is 0 Å². The number of hydroxylamine groups is 1. The number of hydrogen-bond donors (Lipinski definition) is 1. The maximum atomic E-state index is 11.8. The molecule has 1 fully saturated rings. The molecule has 0 radical (unpaired) electrons. The summed E-state index contributed by atoms with van der Waals surface area (Å²) in [5.74, 6) is 0.386. The minimum atomic E-state index is -0.312. The molecule has 0 bridgehead atoms. The van der Waals surface area contributed by atoms with E-state index in [1.165, 1.54) is 37.7 Å². The van der Waals surface area contributed by atoms with Gasteiger partial charge in [-0.3, -0.25) is 0 Å². The van der Waals surface area contributed by atoms with Crippen LogP contribution in [-0.2, 0) is 10.4 Å². The predicted octanol–water partition coefficient (Wildman–Crippen LogP) is 3.64. The lowest BCUT2D eigenvalue weighted by Gasteiger charge is -2.33. The number of rotatable bonds is 1. The van der Waals surface area contributed by atoms with Crippen molar-refractivity contribution in [1.82, 2.24) is 5.48 Å². The highest BCUT2D eigenvalue weighted by Crippen LogP contribution is 2.36. The summed E-state index contributed by atoms with van der Waals surface area (Å²) in [6.07, 6.45) is 6.56. The normalized spacial score (nSPS) is 22.7. The van der Waals surface area contributed by atoms with Crippen molar-refractivity contribution in [3.05, 3.63) is 34.9 Å². The van der Waals surface area contributed by atoms with Crippen molar-refractivity contribution in [2.45, 2.75) is 57.4 Å². The van der Waals surface area contributed by atoms with Gasteiger partial charge in [0.2, 0.25) is 0 Å². The summed E-state index contributed by atoms with van der Waals surface area (Å²) < 4.78 is 0. The molecule has 3 nitrogen and oxygen atoms in total. The molecule has 1 aliphatic heterocycles. The number of benzene rings is 1. The van der Waals surface area contributed by atoms with Crippen LogP contribution in [0.5, 0.6) is 0 Å². The largest absolute Gasteiger partial charge is 0.366 e. The summed E-state index contributed by atoms with van der Waals surface area (Å²) >= 11 is 0. The third-order valence-corrected chi connectivity index (χ3v) is 4.41. The molecule has 0 aromatic heterocycles. The van der Waals surface area contributed by atoms with Crippen LogP contribution >= 0.6 is 0 Å². The highest BCUT2D eigenvalue weighted by atomic mass is 16.7. The molecular weight excluding hydrogens is 238 g/mol. The van der Waals surface area contributed by atoms with Gasteiger partial charge < -0.3 is 4.84 Å². The van der Waals surface area contributed by atoms with Crippen molar-refractivity contribution >= 4 is 5.97 Å². The minimum Gasteiger partial charge on any atom is -0.366 e. The van der Waals surface area contributed by atoms with E-state index in [2.05, 4.69) is 17.6 Å². The maximum Gasteiger partial charge on any atom is 0.357 e. The zero-order chi connectivity index (χ0) is 13.5. The van der Waals surface area contributed by atoms with Crippen molar-refractivity contribution in [1.29, 1.82) is 0 Å². The van der Waals surface area contributed by atoms with E-state index in [1.54, 1.807) is 0 Å². The van der Waals surface area contributed by atoms with Crippen LogP contribution in [0.25, 0.3) is 0 Å². The fourth-order valence-electron chi connectivity index (χ4n) is 3.23. The first kappa shape index (κ1) is 12.7. The lowest BCUT2D eigenvalue weighted by molar-refractivity contribution is -0.00806. The van der Waals surface area contributed by atoms with Crippen LogP contribution < -0.4 is 5.48 Å². The zero-order valence-electron chi connectivity index (χ0n) is 11.7. The Labute approximate surface area is 114 Å². The average Bonchev–Trinajstić information content (AvgIpc) is 2.44. The van der Waals surface area contributed by atoms with Gasteiger partial charge in [0, 0.05) is 0 Å². The molecule has 2 aliphatic rings. The molecule has 19 heavy (non-hydrogen) atoms. The standard InChI is InChI=1S/C16H21NO2/c1-16(2)14-10-12(11-6-4-3-5-7-11)8-9-13(14)15(18)19-17-16/h8-11,17H,3-7H2,1-2H3. The Bertz CT molecular complexity index is 501. The second kappa shape index (κ2) is 4.64. The van der Waals surface area contributed by atoms with E-state index in [1.807, 2.05) is 19.9 Å². The van der Waals surface area contributed by atoms with Gasteiger partial charge in [0.05, 0.1) is 11.1 Å². The number of fused-ring (bicyclic) bond motifs is 1. The number of nitrogens with one attached hydrogen (secondary N) is 1. The van der Waals surface area contributed by atoms with Crippen LogP contribution in [0.2, 0.25) is 0 Å². The van der Waals surface area contributed by atoms with Gasteiger partial charge in [0.25, 0.3) is 0 Å². The van der Waals surface area contributed by atoms with Gasteiger partial charge in [-0.1, -0.05) is 31.4 Å². The Balaban J connectivity index is 1.99. The summed E-state index contributed by atoms with van der Waals surface area (Å²) in [7, 11) is 0. The number of carbonyl (C=O) groups excluding carboxylic acids is 1. The highest BCUT2D eigenvalue weighted by molar-refractivity contribution is 5.92. The van der Waals surface area contributed by atoms with E-state index in [0.29, 0.717) is 11.5 Å². The third-order valence-electron chi connectivity index (χ3n) is 4.41. The summed E-state index contributed by atoms with van der Waals surface area (Å²) in [5.41, 5.74) is 5.67. The van der Waals surface area contributed by atoms with E-state index in [0.717, 1.165) is 5.56 Å². The lowest BCUT2D eigenvalue weighted by atomic mass is 9.80. The molecule has 1 heterocycles. The topological polar surface area (TPSA) is 38.3 Å². The molecule has 0 amide bonds. The van der Waals surface area contributed by atoms with Crippen molar-refractivity contribution in [2.24, 2.45) is 0 Å². The van der Waals surface area contributed by atoms with Crippen molar-refractivity contribution in [2.75, 3.05) is 0 Å². The van der Waals surface area contributed by atoms with E-state index < -0.39 is 0 Å². The summed E-state index contributed by atoms with van der Waals surface area (Å²) in [6, 6.07) is 6.25. The summed E-state index contributed by atoms with van der Waals surface area (Å²) in [4.78, 5) is 16.8. The van der Waals surface area contributed by atoms with Crippen LogP contribution in [0.4, 0.5) is 0 Å². The van der Waals surface area contributed by atoms with Crippen LogP contribution in [0.15, 0.2) is 18.2 Å². The van der Waals surface area contributed by atoms with Gasteiger partial charge in [-0.15, -0.1) is 5.48 Å². The Hall–Kier alpha value is -1.35. The second-order valence-electron chi connectivity index (χ2n) is 6.26. The molecule has 1 N–H and O–H groups in total. The van der Waals surface area contributed by atoms with Crippen molar-refractivity contribution < 1.29 is 9.63 Å². The number of carbonyl (C=O) groups is 1. The van der Waals surface area contributed by atoms with Gasteiger partial charge >= 0.3 is 5.97 Å². The van der Waals surface area contributed by atoms with Gasteiger partial charge in [-0.2, -0.15) is 0 Å². The van der Waals surface area contributed by atoms with E-state index in [4.69, 9.17) is 4.84 Å². The molecule has 1 aromatic carbocycles. The molecule has 1 saturated carbocycles. The fourth-order valence-corrected chi connectivity index (χ4v) is 3.23. The highest BCUT2D eigenvalue weighted by Gasteiger charge is 2.33. The van der Waals surface area contributed by atoms with Gasteiger partial charge in [-0.25, -0.2) is 4.79 Å². The average molecular weight is 259 g/mol. The van der Waals surface area contributed by atoms with E-state index in [9.17, 15) is 4.79 Å². The molecule has 0 atom stereocenters. The molecule has 0 unspecified atom stereocenters. The minimum absolute atomic E-state index is 0.274. The Kier molecular flexibility index (Phi) is 3.09. The van der Waals surface area contributed by atoms with E-state index in [-0.39, 0.29) is 11.5 Å². The monoisotopic (exact) mass is 259 g/mol. The first-order chi connectivity index (χ1) is 9.08. The summed E-state index contributed by atoms with van der Waals surface area (Å²) in [6.45, 7) is 4.09. The molecule has 1 aromatic rings. The van der Waals surface area contributed by atoms with Crippen LogP contribution in [0.1, 0.15) is 73.4 Å². The molecule has 0 saturated heterocycles. The van der Waals surface area contributed by atoms with Crippen molar-refractivity contribution in [3.8, 4) is 0 Å². The van der Waals surface area contributed by atoms with Crippen LogP contribution in [-0.4, -0.2) is 5.97 Å².